The number of allylic oxidation sites excluding steroid dienone is 1. The van der Waals surface area contributed by atoms with Crippen molar-refractivity contribution in [2.45, 2.75) is 53.4 Å². The highest BCUT2D eigenvalue weighted by Gasteiger charge is 2.20. The molecule has 0 saturated carbocycles. The molecule has 0 heteroatoms. The van der Waals surface area contributed by atoms with Gasteiger partial charge in [-0.3, -0.25) is 0 Å². The van der Waals surface area contributed by atoms with Gasteiger partial charge in [-0.1, -0.05) is 53.0 Å². The van der Waals surface area contributed by atoms with Gasteiger partial charge in [0.05, 0.1) is 0 Å². The zero-order valence-corrected chi connectivity index (χ0v) is 9.19. The summed E-state index contributed by atoms with van der Waals surface area (Å²) in [6.07, 6.45) is 7.49. The van der Waals surface area contributed by atoms with Gasteiger partial charge in [-0.05, 0) is 17.8 Å². The van der Waals surface area contributed by atoms with Crippen LogP contribution in [-0.4, -0.2) is 0 Å². The van der Waals surface area contributed by atoms with Crippen molar-refractivity contribution in [1.29, 1.82) is 0 Å². The van der Waals surface area contributed by atoms with Gasteiger partial charge in [0.25, 0.3) is 0 Å². The molecule has 0 aromatic rings. The molecule has 0 aliphatic carbocycles. The summed E-state index contributed by atoms with van der Waals surface area (Å²) in [6, 6.07) is 0. The standard InChI is InChI=1S/C12H24/c1-6-8-9-10-11(3)12(4,5)7-2/h7,11H,2,6,8-10H2,1,3-5H3. The summed E-state index contributed by atoms with van der Waals surface area (Å²) in [7, 11) is 0. The smallest absolute Gasteiger partial charge is 0.0152 e. The van der Waals surface area contributed by atoms with E-state index in [1.165, 1.54) is 25.7 Å². The Morgan fingerprint density at radius 2 is 1.92 bits per heavy atom. The third-order valence-corrected chi connectivity index (χ3v) is 3.04. The van der Waals surface area contributed by atoms with E-state index in [0.717, 1.165) is 5.92 Å². The van der Waals surface area contributed by atoms with Crippen LogP contribution >= 0.6 is 0 Å². The van der Waals surface area contributed by atoms with E-state index in [1.807, 2.05) is 0 Å². The van der Waals surface area contributed by atoms with E-state index in [0.29, 0.717) is 5.41 Å². The average Bonchev–Trinajstić information content (AvgIpc) is 2.05. The van der Waals surface area contributed by atoms with Crippen LogP contribution in [0.15, 0.2) is 12.7 Å². The lowest BCUT2D eigenvalue weighted by atomic mass is 9.77. The third kappa shape index (κ3) is 3.94. The second-order valence-corrected chi connectivity index (χ2v) is 4.42. The lowest BCUT2D eigenvalue weighted by Gasteiger charge is -2.28. The molecule has 0 nitrogen and oxygen atoms in total. The Morgan fingerprint density at radius 1 is 1.33 bits per heavy atom. The van der Waals surface area contributed by atoms with Gasteiger partial charge in [-0.15, -0.1) is 6.58 Å². The van der Waals surface area contributed by atoms with Gasteiger partial charge in [-0.25, -0.2) is 0 Å². The van der Waals surface area contributed by atoms with Gasteiger partial charge >= 0.3 is 0 Å². The quantitative estimate of drug-likeness (QED) is 0.407. The van der Waals surface area contributed by atoms with Crippen LogP contribution in [0, 0.1) is 11.3 Å². The zero-order valence-electron chi connectivity index (χ0n) is 9.19. The largest absolute Gasteiger partial charge is 0.103 e. The topological polar surface area (TPSA) is 0 Å². The zero-order chi connectivity index (χ0) is 9.61. The molecule has 0 N–H and O–H groups in total. The average molecular weight is 168 g/mol. The van der Waals surface area contributed by atoms with E-state index in [-0.39, 0.29) is 0 Å². The van der Waals surface area contributed by atoms with Crippen molar-refractivity contribution >= 4 is 0 Å². The first kappa shape index (κ1) is 11.7. The summed E-state index contributed by atoms with van der Waals surface area (Å²) >= 11 is 0. The van der Waals surface area contributed by atoms with Crippen LogP contribution in [-0.2, 0) is 0 Å². The number of hydrogen-bond acceptors (Lipinski definition) is 0. The highest BCUT2D eigenvalue weighted by molar-refractivity contribution is 4.91. The lowest BCUT2D eigenvalue weighted by molar-refractivity contribution is 0.282. The predicted octanol–water partition coefficient (Wildman–Crippen LogP) is 4.42. The van der Waals surface area contributed by atoms with Crippen LogP contribution in [0.1, 0.15) is 53.4 Å². The SMILES string of the molecule is C=CC(C)(C)C(C)CCCCC. The molecule has 0 aliphatic heterocycles. The van der Waals surface area contributed by atoms with E-state index < -0.39 is 0 Å². The Balaban J connectivity index is 3.70. The second-order valence-electron chi connectivity index (χ2n) is 4.42. The molecule has 0 bridgehead atoms. The Hall–Kier alpha value is -0.260. The van der Waals surface area contributed by atoms with Gasteiger partial charge in [-0.2, -0.15) is 0 Å². The van der Waals surface area contributed by atoms with Crippen molar-refractivity contribution in [3.8, 4) is 0 Å². The number of unbranched alkanes of at least 4 members (excludes halogenated alkanes) is 2. The van der Waals surface area contributed by atoms with Crippen LogP contribution in [0.2, 0.25) is 0 Å². The molecular weight excluding hydrogens is 144 g/mol. The summed E-state index contributed by atoms with van der Waals surface area (Å²) in [5, 5.41) is 0. The van der Waals surface area contributed by atoms with Crippen molar-refractivity contribution in [2.75, 3.05) is 0 Å². The van der Waals surface area contributed by atoms with Crippen molar-refractivity contribution in [3.05, 3.63) is 12.7 Å². The van der Waals surface area contributed by atoms with Crippen molar-refractivity contribution < 1.29 is 0 Å². The van der Waals surface area contributed by atoms with Crippen LogP contribution in [0.3, 0.4) is 0 Å². The highest BCUT2D eigenvalue weighted by atomic mass is 14.3. The van der Waals surface area contributed by atoms with Crippen molar-refractivity contribution in [2.24, 2.45) is 11.3 Å². The lowest BCUT2D eigenvalue weighted by Crippen LogP contribution is -2.18. The van der Waals surface area contributed by atoms with Crippen LogP contribution in [0.25, 0.3) is 0 Å². The van der Waals surface area contributed by atoms with E-state index in [4.69, 9.17) is 0 Å². The summed E-state index contributed by atoms with van der Waals surface area (Å²) in [5.41, 5.74) is 0.313. The minimum absolute atomic E-state index is 0.313. The molecule has 0 aliphatic rings. The van der Waals surface area contributed by atoms with E-state index in [2.05, 4.69) is 40.3 Å². The molecule has 1 unspecified atom stereocenters. The molecular formula is C12H24. The van der Waals surface area contributed by atoms with E-state index in [1.54, 1.807) is 0 Å². The van der Waals surface area contributed by atoms with E-state index >= 15 is 0 Å². The van der Waals surface area contributed by atoms with E-state index in [9.17, 15) is 0 Å². The van der Waals surface area contributed by atoms with Gasteiger partial charge in [0.1, 0.15) is 0 Å². The van der Waals surface area contributed by atoms with Crippen LogP contribution in [0.5, 0.6) is 0 Å². The first-order valence-electron chi connectivity index (χ1n) is 5.18. The van der Waals surface area contributed by atoms with Gasteiger partial charge in [0.2, 0.25) is 0 Å². The molecule has 0 rings (SSSR count). The molecule has 0 spiro atoms. The first-order chi connectivity index (χ1) is 5.54. The van der Waals surface area contributed by atoms with Crippen LogP contribution < -0.4 is 0 Å². The molecule has 12 heavy (non-hydrogen) atoms. The van der Waals surface area contributed by atoms with Gasteiger partial charge < -0.3 is 0 Å². The fourth-order valence-corrected chi connectivity index (χ4v) is 1.27. The fraction of sp³-hybridized carbons (Fsp3) is 0.833. The Kier molecular flexibility index (Phi) is 5.28. The van der Waals surface area contributed by atoms with Gasteiger partial charge in [0, 0.05) is 0 Å². The minimum Gasteiger partial charge on any atom is -0.103 e. The molecule has 0 heterocycles. The minimum atomic E-state index is 0.313. The molecule has 0 aromatic carbocycles. The van der Waals surface area contributed by atoms with Gasteiger partial charge in [0.15, 0.2) is 0 Å². The molecule has 72 valence electrons. The molecule has 0 fully saturated rings. The summed E-state index contributed by atoms with van der Waals surface area (Å²) in [4.78, 5) is 0. The molecule has 0 amide bonds. The molecule has 1 atom stereocenters. The maximum atomic E-state index is 3.88. The summed E-state index contributed by atoms with van der Waals surface area (Å²) in [5.74, 6) is 0.765. The maximum Gasteiger partial charge on any atom is -0.0152 e. The Morgan fingerprint density at radius 3 is 2.33 bits per heavy atom. The van der Waals surface area contributed by atoms with Crippen molar-refractivity contribution in [1.82, 2.24) is 0 Å². The first-order valence-corrected chi connectivity index (χ1v) is 5.18. The monoisotopic (exact) mass is 168 g/mol. The predicted molar refractivity (Wildman–Crippen MR) is 57.3 cm³/mol. The number of rotatable bonds is 6. The summed E-state index contributed by atoms with van der Waals surface area (Å²) in [6.45, 7) is 13.0. The normalized spacial score (nSPS) is 14.3. The fourth-order valence-electron chi connectivity index (χ4n) is 1.27. The summed E-state index contributed by atoms with van der Waals surface area (Å²) < 4.78 is 0. The highest BCUT2D eigenvalue weighted by Crippen LogP contribution is 2.31. The third-order valence-electron chi connectivity index (χ3n) is 3.04. The number of hydrogen-bond donors (Lipinski definition) is 0. The van der Waals surface area contributed by atoms with Crippen molar-refractivity contribution in [3.63, 3.8) is 0 Å². The second kappa shape index (κ2) is 5.40. The maximum absolute atomic E-state index is 3.88. The Labute approximate surface area is 78.1 Å². The molecule has 0 radical (unpaired) electrons. The molecule has 0 saturated heterocycles. The van der Waals surface area contributed by atoms with Crippen LogP contribution in [0.4, 0.5) is 0 Å². The Bertz CT molecular complexity index is 122. The molecule has 0 aromatic heterocycles.